The minimum atomic E-state index is -0.0430. The van der Waals surface area contributed by atoms with Crippen LogP contribution in [0.2, 0.25) is 0 Å². The highest BCUT2D eigenvalue weighted by Gasteiger charge is 2.11. The zero-order valence-corrected chi connectivity index (χ0v) is 8.90. The first kappa shape index (κ1) is 11.2. The highest BCUT2D eigenvalue weighted by Crippen LogP contribution is 2.24. The maximum atomic E-state index is 8.85. The van der Waals surface area contributed by atoms with Gasteiger partial charge in [-0.1, -0.05) is 38.1 Å². The van der Waals surface area contributed by atoms with Gasteiger partial charge in [-0.15, -0.1) is 0 Å². The first-order valence-corrected chi connectivity index (χ1v) is 5.12. The SMILES string of the molecule is CC(C)c1ccccc1[C@H](N)CCO. The van der Waals surface area contributed by atoms with E-state index in [1.54, 1.807) is 0 Å². The number of hydrogen-bond donors (Lipinski definition) is 2. The summed E-state index contributed by atoms with van der Waals surface area (Å²) >= 11 is 0. The molecular formula is C12H19NO. The topological polar surface area (TPSA) is 46.2 Å². The van der Waals surface area contributed by atoms with E-state index in [0.717, 1.165) is 5.56 Å². The third kappa shape index (κ3) is 2.56. The lowest BCUT2D eigenvalue weighted by Crippen LogP contribution is -2.14. The van der Waals surface area contributed by atoms with Crippen molar-refractivity contribution in [1.29, 1.82) is 0 Å². The maximum Gasteiger partial charge on any atom is 0.0449 e. The molecule has 1 aromatic rings. The van der Waals surface area contributed by atoms with Crippen molar-refractivity contribution in [3.8, 4) is 0 Å². The van der Waals surface area contributed by atoms with Crippen LogP contribution < -0.4 is 5.73 Å². The van der Waals surface area contributed by atoms with Gasteiger partial charge in [0.05, 0.1) is 0 Å². The predicted molar refractivity (Wildman–Crippen MR) is 59.2 cm³/mol. The highest BCUT2D eigenvalue weighted by atomic mass is 16.3. The van der Waals surface area contributed by atoms with Crippen molar-refractivity contribution in [2.75, 3.05) is 6.61 Å². The van der Waals surface area contributed by atoms with E-state index in [2.05, 4.69) is 26.0 Å². The Morgan fingerprint density at radius 2 is 1.79 bits per heavy atom. The molecule has 0 bridgehead atoms. The molecule has 0 aliphatic rings. The van der Waals surface area contributed by atoms with Crippen LogP contribution in [0.4, 0.5) is 0 Å². The van der Waals surface area contributed by atoms with Gasteiger partial charge in [0, 0.05) is 12.6 Å². The van der Waals surface area contributed by atoms with Crippen molar-refractivity contribution >= 4 is 0 Å². The first-order valence-electron chi connectivity index (χ1n) is 5.12. The molecule has 0 amide bonds. The second kappa shape index (κ2) is 5.13. The van der Waals surface area contributed by atoms with Gasteiger partial charge in [0.2, 0.25) is 0 Å². The maximum absolute atomic E-state index is 8.85. The van der Waals surface area contributed by atoms with Crippen molar-refractivity contribution in [3.05, 3.63) is 35.4 Å². The van der Waals surface area contributed by atoms with Crippen LogP contribution in [0.25, 0.3) is 0 Å². The number of benzene rings is 1. The molecule has 0 spiro atoms. The average Bonchev–Trinajstić information content (AvgIpc) is 2.18. The fourth-order valence-corrected chi connectivity index (χ4v) is 1.67. The zero-order valence-electron chi connectivity index (χ0n) is 8.90. The van der Waals surface area contributed by atoms with Crippen LogP contribution in [0.15, 0.2) is 24.3 Å². The van der Waals surface area contributed by atoms with Gasteiger partial charge >= 0.3 is 0 Å². The molecule has 0 aliphatic carbocycles. The molecule has 2 heteroatoms. The molecule has 0 aromatic heterocycles. The number of nitrogens with two attached hydrogens (primary N) is 1. The summed E-state index contributed by atoms with van der Waals surface area (Å²) in [7, 11) is 0. The second-order valence-electron chi connectivity index (χ2n) is 3.90. The number of rotatable bonds is 4. The predicted octanol–water partition coefficient (Wildman–Crippen LogP) is 2.19. The van der Waals surface area contributed by atoms with Crippen molar-refractivity contribution < 1.29 is 5.11 Å². The average molecular weight is 193 g/mol. The molecule has 1 aromatic carbocycles. The van der Waals surface area contributed by atoms with Crippen LogP contribution in [-0.4, -0.2) is 11.7 Å². The Kier molecular flexibility index (Phi) is 4.11. The highest BCUT2D eigenvalue weighted by molar-refractivity contribution is 5.32. The standard InChI is InChI=1S/C12H19NO/c1-9(2)10-5-3-4-6-11(10)12(13)7-8-14/h3-6,9,12,14H,7-8,13H2,1-2H3/t12-/m1/s1. The van der Waals surface area contributed by atoms with Gasteiger partial charge in [-0.2, -0.15) is 0 Å². The van der Waals surface area contributed by atoms with Crippen molar-refractivity contribution in [3.63, 3.8) is 0 Å². The van der Waals surface area contributed by atoms with Gasteiger partial charge < -0.3 is 10.8 Å². The second-order valence-corrected chi connectivity index (χ2v) is 3.90. The lowest BCUT2D eigenvalue weighted by atomic mass is 9.92. The largest absolute Gasteiger partial charge is 0.396 e. The summed E-state index contributed by atoms with van der Waals surface area (Å²) in [6.07, 6.45) is 0.629. The summed E-state index contributed by atoms with van der Waals surface area (Å²) < 4.78 is 0. The molecule has 3 N–H and O–H groups in total. The molecular weight excluding hydrogens is 174 g/mol. The van der Waals surface area contributed by atoms with E-state index >= 15 is 0 Å². The van der Waals surface area contributed by atoms with E-state index < -0.39 is 0 Å². The Bertz CT molecular complexity index is 283. The van der Waals surface area contributed by atoms with Gasteiger partial charge in [-0.25, -0.2) is 0 Å². The molecule has 0 unspecified atom stereocenters. The summed E-state index contributed by atoms with van der Waals surface area (Å²) in [5.41, 5.74) is 8.43. The summed E-state index contributed by atoms with van der Waals surface area (Å²) in [5, 5.41) is 8.85. The number of hydrogen-bond acceptors (Lipinski definition) is 2. The Hall–Kier alpha value is -0.860. The smallest absolute Gasteiger partial charge is 0.0449 e. The molecule has 2 nitrogen and oxygen atoms in total. The van der Waals surface area contributed by atoms with Crippen molar-refractivity contribution in [2.24, 2.45) is 5.73 Å². The Balaban J connectivity index is 2.94. The molecule has 1 rings (SSSR count). The van der Waals surface area contributed by atoms with Crippen LogP contribution in [0.5, 0.6) is 0 Å². The Labute approximate surface area is 85.8 Å². The lowest BCUT2D eigenvalue weighted by Gasteiger charge is -2.17. The van der Waals surface area contributed by atoms with Crippen LogP contribution in [0.3, 0.4) is 0 Å². The molecule has 14 heavy (non-hydrogen) atoms. The molecule has 0 radical (unpaired) electrons. The van der Waals surface area contributed by atoms with Crippen molar-refractivity contribution in [1.82, 2.24) is 0 Å². The van der Waals surface area contributed by atoms with Gasteiger partial charge in [0.25, 0.3) is 0 Å². The Morgan fingerprint density at radius 3 is 2.29 bits per heavy atom. The molecule has 78 valence electrons. The Morgan fingerprint density at radius 1 is 1.21 bits per heavy atom. The third-order valence-corrected chi connectivity index (χ3v) is 2.46. The van der Waals surface area contributed by atoms with Gasteiger partial charge in [0.15, 0.2) is 0 Å². The van der Waals surface area contributed by atoms with Gasteiger partial charge in [-0.05, 0) is 23.5 Å². The monoisotopic (exact) mass is 193 g/mol. The lowest BCUT2D eigenvalue weighted by molar-refractivity contribution is 0.276. The summed E-state index contributed by atoms with van der Waals surface area (Å²) in [4.78, 5) is 0. The fourth-order valence-electron chi connectivity index (χ4n) is 1.67. The molecule has 0 aliphatic heterocycles. The molecule has 0 heterocycles. The minimum Gasteiger partial charge on any atom is -0.396 e. The first-order chi connectivity index (χ1) is 6.66. The summed E-state index contributed by atoms with van der Waals surface area (Å²) in [6, 6.07) is 8.15. The van der Waals surface area contributed by atoms with E-state index in [1.807, 2.05) is 12.1 Å². The van der Waals surface area contributed by atoms with Crippen LogP contribution in [0, 0.1) is 0 Å². The normalized spacial score (nSPS) is 13.2. The van der Waals surface area contributed by atoms with Crippen LogP contribution in [-0.2, 0) is 0 Å². The van der Waals surface area contributed by atoms with Crippen molar-refractivity contribution in [2.45, 2.75) is 32.2 Å². The van der Waals surface area contributed by atoms with E-state index in [9.17, 15) is 0 Å². The van der Waals surface area contributed by atoms with Gasteiger partial charge in [-0.3, -0.25) is 0 Å². The molecule has 1 atom stereocenters. The third-order valence-electron chi connectivity index (χ3n) is 2.46. The minimum absolute atomic E-state index is 0.0430. The zero-order chi connectivity index (χ0) is 10.6. The van der Waals surface area contributed by atoms with Gasteiger partial charge in [0.1, 0.15) is 0 Å². The summed E-state index contributed by atoms with van der Waals surface area (Å²) in [5.74, 6) is 0.482. The van der Waals surface area contributed by atoms with E-state index in [1.165, 1.54) is 5.56 Å². The molecule has 0 fully saturated rings. The van der Waals surface area contributed by atoms with E-state index in [-0.39, 0.29) is 12.6 Å². The quantitative estimate of drug-likeness (QED) is 0.770. The molecule has 0 saturated heterocycles. The number of aliphatic hydroxyl groups is 1. The van der Waals surface area contributed by atoms with E-state index in [4.69, 9.17) is 10.8 Å². The summed E-state index contributed by atoms with van der Waals surface area (Å²) in [6.45, 7) is 4.46. The molecule has 0 saturated carbocycles. The van der Waals surface area contributed by atoms with Crippen LogP contribution >= 0.6 is 0 Å². The van der Waals surface area contributed by atoms with Crippen LogP contribution in [0.1, 0.15) is 43.4 Å². The number of aliphatic hydroxyl groups excluding tert-OH is 1. The fraction of sp³-hybridized carbons (Fsp3) is 0.500. The van der Waals surface area contributed by atoms with E-state index in [0.29, 0.717) is 12.3 Å².